The molecule has 0 bridgehead atoms. The predicted octanol–water partition coefficient (Wildman–Crippen LogP) is 5.13. The number of amides is 1. The Kier molecular flexibility index (Phi) is 7.70. The fourth-order valence-electron chi connectivity index (χ4n) is 4.27. The molecule has 36 heavy (non-hydrogen) atoms. The zero-order chi connectivity index (χ0) is 26.0. The Morgan fingerprint density at radius 3 is 2.50 bits per heavy atom. The van der Waals surface area contributed by atoms with E-state index in [-0.39, 0.29) is 11.3 Å². The first-order valence-electron chi connectivity index (χ1n) is 11.8. The molecule has 0 saturated heterocycles. The van der Waals surface area contributed by atoms with Crippen LogP contribution in [-0.2, 0) is 4.79 Å². The van der Waals surface area contributed by atoms with E-state index < -0.39 is 23.5 Å². The molecule has 1 atom stereocenters. The van der Waals surface area contributed by atoms with Crippen LogP contribution in [0.3, 0.4) is 0 Å². The zero-order valence-corrected chi connectivity index (χ0v) is 22.3. The molecule has 2 aromatic carbocycles. The number of hydrogen-bond acceptors (Lipinski definition) is 7. The Labute approximate surface area is 218 Å². The van der Waals surface area contributed by atoms with E-state index in [1.165, 1.54) is 4.90 Å². The van der Waals surface area contributed by atoms with Crippen LogP contribution in [0.15, 0.2) is 62.7 Å². The maximum atomic E-state index is 13.7. The third kappa shape index (κ3) is 4.99. The number of fused-ring (bicyclic) bond motifs is 1. The SMILES string of the molecule is CCOc1ccc(C2C(C(=O)c3cc4cc(Br)ccc4o3)=C(O)C(=O)N2CCN(C)C)cc1OCC. The van der Waals surface area contributed by atoms with Crippen molar-refractivity contribution in [3.05, 3.63) is 69.6 Å². The van der Waals surface area contributed by atoms with Gasteiger partial charge in [-0.15, -0.1) is 0 Å². The average Bonchev–Trinajstić information content (AvgIpc) is 3.37. The lowest BCUT2D eigenvalue weighted by molar-refractivity contribution is -0.129. The summed E-state index contributed by atoms with van der Waals surface area (Å²) in [6, 6.07) is 11.5. The summed E-state index contributed by atoms with van der Waals surface area (Å²) >= 11 is 3.42. The van der Waals surface area contributed by atoms with Crippen molar-refractivity contribution < 1.29 is 28.6 Å². The Bertz CT molecular complexity index is 1330. The molecule has 2 heterocycles. The number of rotatable bonds is 10. The molecule has 9 heteroatoms. The Hall–Kier alpha value is -3.30. The van der Waals surface area contributed by atoms with Crippen LogP contribution in [0.25, 0.3) is 11.0 Å². The van der Waals surface area contributed by atoms with Gasteiger partial charge < -0.3 is 28.8 Å². The van der Waals surface area contributed by atoms with Crippen LogP contribution >= 0.6 is 15.9 Å². The largest absolute Gasteiger partial charge is 0.503 e. The van der Waals surface area contributed by atoms with E-state index in [4.69, 9.17) is 13.9 Å². The van der Waals surface area contributed by atoms with E-state index in [1.54, 1.807) is 30.3 Å². The van der Waals surface area contributed by atoms with Gasteiger partial charge in [-0.05, 0) is 69.9 Å². The highest BCUT2D eigenvalue weighted by atomic mass is 79.9. The highest BCUT2D eigenvalue weighted by molar-refractivity contribution is 9.10. The van der Waals surface area contributed by atoms with Crippen molar-refractivity contribution >= 4 is 38.6 Å². The van der Waals surface area contributed by atoms with Gasteiger partial charge in [0.05, 0.1) is 24.8 Å². The maximum absolute atomic E-state index is 13.7. The highest BCUT2D eigenvalue weighted by Crippen LogP contribution is 2.42. The number of nitrogens with zero attached hydrogens (tertiary/aromatic N) is 2. The third-order valence-electron chi connectivity index (χ3n) is 5.92. The fraction of sp³-hybridized carbons (Fsp3) is 0.333. The van der Waals surface area contributed by atoms with Crippen LogP contribution < -0.4 is 9.47 Å². The van der Waals surface area contributed by atoms with Crippen molar-refractivity contribution in [3.63, 3.8) is 0 Å². The topological polar surface area (TPSA) is 92.5 Å². The van der Waals surface area contributed by atoms with Crippen LogP contribution in [0.4, 0.5) is 0 Å². The molecular weight excluding hydrogens is 528 g/mol. The number of benzene rings is 2. The van der Waals surface area contributed by atoms with Gasteiger partial charge in [0.25, 0.3) is 5.91 Å². The number of furan rings is 1. The lowest BCUT2D eigenvalue weighted by atomic mass is 9.94. The molecule has 0 saturated carbocycles. The van der Waals surface area contributed by atoms with E-state index in [1.807, 2.05) is 45.0 Å². The minimum absolute atomic E-state index is 0.0245. The molecule has 1 aromatic heterocycles. The summed E-state index contributed by atoms with van der Waals surface area (Å²) < 4.78 is 18.1. The second kappa shape index (κ2) is 10.8. The van der Waals surface area contributed by atoms with Crippen LogP contribution in [0.1, 0.15) is 36.0 Å². The molecular formula is C27H29BrN2O6. The van der Waals surface area contributed by atoms with Crippen LogP contribution in [0.5, 0.6) is 11.5 Å². The standard InChI is InChI=1S/C27H29BrN2O6/c1-5-34-20-9-7-16(14-21(20)35-6-2)24-23(26(32)27(33)30(24)12-11-29(3)4)25(31)22-15-17-13-18(28)8-10-19(17)36-22/h7-10,13-15,24,32H,5-6,11-12H2,1-4H3. The van der Waals surface area contributed by atoms with Gasteiger partial charge >= 0.3 is 0 Å². The molecule has 1 amide bonds. The van der Waals surface area contributed by atoms with E-state index in [9.17, 15) is 14.7 Å². The van der Waals surface area contributed by atoms with E-state index in [0.29, 0.717) is 48.9 Å². The number of ether oxygens (including phenoxy) is 2. The number of carbonyl (C=O) groups excluding carboxylic acids is 2. The molecule has 0 spiro atoms. The molecule has 190 valence electrons. The van der Waals surface area contributed by atoms with E-state index in [2.05, 4.69) is 15.9 Å². The van der Waals surface area contributed by atoms with E-state index >= 15 is 0 Å². The van der Waals surface area contributed by atoms with Gasteiger partial charge in [0.15, 0.2) is 23.0 Å². The van der Waals surface area contributed by atoms with Gasteiger partial charge in [0, 0.05) is 22.9 Å². The first-order valence-corrected chi connectivity index (χ1v) is 12.6. The zero-order valence-electron chi connectivity index (χ0n) is 20.7. The number of ketones is 1. The second-order valence-electron chi connectivity index (χ2n) is 8.66. The predicted molar refractivity (Wildman–Crippen MR) is 140 cm³/mol. The molecule has 4 rings (SSSR count). The van der Waals surface area contributed by atoms with Crippen LogP contribution in [0.2, 0.25) is 0 Å². The average molecular weight is 557 g/mol. The molecule has 0 aliphatic carbocycles. The van der Waals surface area contributed by atoms with Crippen LogP contribution in [-0.4, -0.2) is 67.0 Å². The number of halogens is 1. The third-order valence-corrected chi connectivity index (χ3v) is 6.41. The van der Waals surface area contributed by atoms with Crippen molar-refractivity contribution in [1.29, 1.82) is 0 Å². The number of aliphatic hydroxyl groups is 1. The van der Waals surface area contributed by atoms with Crippen LogP contribution in [0, 0.1) is 0 Å². The van der Waals surface area contributed by atoms with Gasteiger partial charge in [-0.3, -0.25) is 9.59 Å². The first kappa shape index (κ1) is 25.8. The second-order valence-corrected chi connectivity index (χ2v) is 9.58. The van der Waals surface area contributed by atoms with Crippen molar-refractivity contribution in [2.45, 2.75) is 19.9 Å². The number of Topliss-reactive ketones (excluding diaryl/α,β-unsaturated/α-hetero) is 1. The molecule has 1 aliphatic heterocycles. The van der Waals surface area contributed by atoms with Gasteiger partial charge in [-0.1, -0.05) is 22.0 Å². The van der Waals surface area contributed by atoms with Gasteiger partial charge in [-0.2, -0.15) is 0 Å². The first-order chi connectivity index (χ1) is 17.2. The smallest absolute Gasteiger partial charge is 0.290 e. The van der Waals surface area contributed by atoms with Crippen molar-refractivity contribution in [3.8, 4) is 11.5 Å². The molecule has 0 fully saturated rings. The van der Waals surface area contributed by atoms with E-state index in [0.717, 1.165) is 9.86 Å². The monoisotopic (exact) mass is 556 g/mol. The van der Waals surface area contributed by atoms with Gasteiger partial charge in [-0.25, -0.2) is 0 Å². The maximum Gasteiger partial charge on any atom is 0.290 e. The molecule has 1 aliphatic rings. The quantitative estimate of drug-likeness (QED) is 0.346. The molecule has 3 aromatic rings. The summed E-state index contributed by atoms with van der Waals surface area (Å²) in [5.41, 5.74) is 1.13. The van der Waals surface area contributed by atoms with Crippen molar-refractivity contribution in [2.75, 3.05) is 40.4 Å². The van der Waals surface area contributed by atoms with Crippen molar-refractivity contribution in [2.24, 2.45) is 0 Å². The highest BCUT2D eigenvalue weighted by Gasteiger charge is 2.44. The Morgan fingerprint density at radius 1 is 1.08 bits per heavy atom. The summed E-state index contributed by atoms with van der Waals surface area (Å²) in [6.45, 7) is 5.48. The molecule has 1 N–H and O–H groups in total. The molecule has 8 nitrogen and oxygen atoms in total. The summed E-state index contributed by atoms with van der Waals surface area (Å²) in [5.74, 6) is -0.599. The number of hydrogen-bond donors (Lipinski definition) is 1. The summed E-state index contributed by atoms with van der Waals surface area (Å²) in [7, 11) is 3.79. The molecule has 0 radical (unpaired) electrons. The van der Waals surface area contributed by atoms with Gasteiger partial charge in [0.2, 0.25) is 5.78 Å². The Morgan fingerprint density at radius 2 is 1.81 bits per heavy atom. The fourth-order valence-corrected chi connectivity index (χ4v) is 4.65. The number of likely N-dealkylation sites (N-methyl/N-ethyl adjacent to an activating group) is 1. The minimum Gasteiger partial charge on any atom is -0.503 e. The lowest BCUT2D eigenvalue weighted by Crippen LogP contribution is -2.36. The lowest BCUT2D eigenvalue weighted by Gasteiger charge is -2.28. The Balaban J connectivity index is 1.81. The summed E-state index contributed by atoms with van der Waals surface area (Å²) in [6.07, 6.45) is 0. The normalized spacial score (nSPS) is 15.9. The number of carbonyl (C=O) groups is 2. The molecule has 1 unspecified atom stereocenters. The minimum atomic E-state index is -0.820. The summed E-state index contributed by atoms with van der Waals surface area (Å²) in [4.78, 5) is 30.4. The van der Waals surface area contributed by atoms with Gasteiger partial charge in [0.1, 0.15) is 5.58 Å². The van der Waals surface area contributed by atoms with Crippen molar-refractivity contribution in [1.82, 2.24) is 9.80 Å². The number of aliphatic hydroxyl groups excluding tert-OH is 1. The summed E-state index contributed by atoms with van der Waals surface area (Å²) in [5, 5.41) is 11.7.